The van der Waals surface area contributed by atoms with E-state index in [9.17, 15) is 5.11 Å². The zero-order valence-corrected chi connectivity index (χ0v) is 12.7. The molecule has 1 aliphatic rings. The number of fused-ring (bicyclic) bond motifs is 1. The molecule has 1 aromatic carbocycles. The molecule has 0 radical (unpaired) electrons. The Morgan fingerprint density at radius 2 is 2.10 bits per heavy atom. The Hall–Kier alpha value is -1.10. The summed E-state index contributed by atoms with van der Waals surface area (Å²) in [6, 6.07) is 8.13. The standard InChI is InChI=1S/C16H26N2O2/c1-16(2,3)17-10-14(19)12-18-8-9-20-15-7-5-4-6-13(15)11-18/h4-7,14,17,19H,8-12H2,1-3H3. The van der Waals surface area contributed by atoms with Crippen molar-refractivity contribution in [1.82, 2.24) is 10.2 Å². The smallest absolute Gasteiger partial charge is 0.123 e. The number of ether oxygens (including phenoxy) is 1. The molecule has 4 nitrogen and oxygen atoms in total. The van der Waals surface area contributed by atoms with E-state index in [1.807, 2.05) is 18.2 Å². The number of hydrogen-bond acceptors (Lipinski definition) is 4. The van der Waals surface area contributed by atoms with E-state index < -0.39 is 0 Å². The van der Waals surface area contributed by atoms with Crippen molar-refractivity contribution in [3.8, 4) is 5.75 Å². The molecule has 4 heteroatoms. The lowest BCUT2D eigenvalue weighted by Gasteiger charge is -2.26. The largest absolute Gasteiger partial charge is 0.492 e. The number of rotatable bonds is 4. The Labute approximate surface area is 121 Å². The van der Waals surface area contributed by atoms with E-state index >= 15 is 0 Å². The fourth-order valence-electron chi connectivity index (χ4n) is 2.32. The van der Waals surface area contributed by atoms with Crippen molar-refractivity contribution in [1.29, 1.82) is 0 Å². The quantitative estimate of drug-likeness (QED) is 0.879. The summed E-state index contributed by atoms with van der Waals surface area (Å²) in [7, 11) is 0. The minimum Gasteiger partial charge on any atom is -0.492 e. The molecular weight excluding hydrogens is 252 g/mol. The van der Waals surface area contributed by atoms with Crippen molar-refractivity contribution in [3.05, 3.63) is 29.8 Å². The van der Waals surface area contributed by atoms with Crippen molar-refractivity contribution in [2.75, 3.05) is 26.2 Å². The Morgan fingerprint density at radius 3 is 2.85 bits per heavy atom. The van der Waals surface area contributed by atoms with Crippen molar-refractivity contribution in [3.63, 3.8) is 0 Å². The Kier molecular flexibility index (Phi) is 5.02. The van der Waals surface area contributed by atoms with Gasteiger partial charge in [0.05, 0.1) is 6.10 Å². The first kappa shape index (κ1) is 15.3. The van der Waals surface area contributed by atoms with Gasteiger partial charge in [0.1, 0.15) is 12.4 Å². The van der Waals surface area contributed by atoms with E-state index in [-0.39, 0.29) is 11.6 Å². The van der Waals surface area contributed by atoms with Gasteiger partial charge in [-0.2, -0.15) is 0 Å². The molecule has 1 aromatic rings. The highest BCUT2D eigenvalue weighted by Crippen LogP contribution is 2.22. The maximum Gasteiger partial charge on any atom is 0.123 e. The van der Waals surface area contributed by atoms with Crippen LogP contribution >= 0.6 is 0 Å². The summed E-state index contributed by atoms with van der Waals surface area (Å²) >= 11 is 0. The molecule has 0 aliphatic carbocycles. The molecule has 20 heavy (non-hydrogen) atoms. The third-order valence-electron chi connectivity index (χ3n) is 3.37. The van der Waals surface area contributed by atoms with Gasteiger partial charge < -0.3 is 15.2 Å². The highest BCUT2D eigenvalue weighted by atomic mass is 16.5. The molecular formula is C16H26N2O2. The molecule has 0 spiro atoms. The van der Waals surface area contributed by atoms with E-state index in [1.54, 1.807) is 0 Å². The summed E-state index contributed by atoms with van der Waals surface area (Å²) in [5.41, 5.74) is 1.23. The minimum absolute atomic E-state index is 0.0372. The molecule has 2 rings (SSSR count). The van der Waals surface area contributed by atoms with E-state index in [4.69, 9.17) is 4.74 Å². The van der Waals surface area contributed by atoms with Crippen LogP contribution in [0.5, 0.6) is 5.75 Å². The molecule has 0 saturated heterocycles. The number of para-hydroxylation sites is 1. The van der Waals surface area contributed by atoms with Crippen LogP contribution in [0.1, 0.15) is 26.3 Å². The molecule has 2 N–H and O–H groups in total. The average Bonchev–Trinajstić information content (AvgIpc) is 2.57. The number of β-amino-alcohol motifs (C(OH)–C–C–N with tert-alkyl or cyclic N) is 1. The van der Waals surface area contributed by atoms with E-state index in [0.29, 0.717) is 19.7 Å². The lowest BCUT2D eigenvalue weighted by molar-refractivity contribution is 0.0980. The third kappa shape index (κ3) is 4.78. The van der Waals surface area contributed by atoms with Gasteiger partial charge in [-0.1, -0.05) is 18.2 Å². The monoisotopic (exact) mass is 278 g/mol. The van der Waals surface area contributed by atoms with Crippen LogP contribution in [0, 0.1) is 0 Å². The third-order valence-corrected chi connectivity index (χ3v) is 3.37. The van der Waals surface area contributed by atoms with Crippen LogP contribution in [-0.2, 0) is 6.54 Å². The van der Waals surface area contributed by atoms with Gasteiger partial charge in [0.2, 0.25) is 0 Å². The van der Waals surface area contributed by atoms with Gasteiger partial charge in [0, 0.05) is 37.3 Å². The first-order chi connectivity index (χ1) is 9.44. The van der Waals surface area contributed by atoms with Crippen molar-refractivity contribution in [2.24, 2.45) is 0 Å². The van der Waals surface area contributed by atoms with Gasteiger partial charge in [-0.25, -0.2) is 0 Å². The van der Waals surface area contributed by atoms with E-state index in [1.165, 1.54) is 5.56 Å². The highest BCUT2D eigenvalue weighted by Gasteiger charge is 2.19. The molecule has 112 valence electrons. The summed E-state index contributed by atoms with van der Waals surface area (Å²) < 4.78 is 5.74. The number of nitrogens with zero attached hydrogens (tertiary/aromatic N) is 1. The van der Waals surface area contributed by atoms with Gasteiger partial charge >= 0.3 is 0 Å². The second-order valence-electron chi connectivity index (χ2n) is 6.48. The molecule has 1 unspecified atom stereocenters. The lowest BCUT2D eigenvalue weighted by atomic mass is 10.1. The predicted octanol–water partition coefficient (Wildman–Crippen LogP) is 1.63. The molecule has 0 fully saturated rings. The second kappa shape index (κ2) is 6.57. The molecule has 0 amide bonds. The van der Waals surface area contributed by atoms with Crippen LogP contribution < -0.4 is 10.1 Å². The predicted molar refractivity (Wildman–Crippen MR) is 81.0 cm³/mol. The minimum atomic E-state index is -0.362. The van der Waals surface area contributed by atoms with E-state index in [2.05, 4.69) is 37.1 Å². The van der Waals surface area contributed by atoms with Gasteiger partial charge in [-0.15, -0.1) is 0 Å². The maximum atomic E-state index is 10.2. The van der Waals surface area contributed by atoms with Crippen molar-refractivity contribution >= 4 is 0 Å². The number of aliphatic hydroxyl groups excluding tert-OH is 1. The average molecular weight is 278 g/mol. The molecule has 0 bridgehead atoms. The lowest BCUT2D eigenvalue weighted by Crippen LogP contribution is -2.45. The zero-order valence-electron chi connectivity index (χ0n) is 12.7. The van der Waals surface area contributed by atoms with E-state index in [0.717, 1.165) is 18.8 Å². The Balaban J connectivity index is 1.87. The number of benzene rings is 1. The number of hydrogen-bond donors (Lipinski definition) is 2. The number of nitrogens with one attached hydrogen (secondary N) is 1. The summed E-state index contributed by atoms with van der Waals surface area (Å²) in [5, 5.41) is 13.5. The SMILES string of the molecule is CC(C)(C)NCC(O)CN1CCOc2ccccc2C1. The second-order valence-corrected chi connectivity index (χ2v) is 6.48. The molecule has 1 atom stereocenters. The fraction of sp³-hybridized carbons (Fsp3) is 0.625. The Morgan fingerprint density at radius 1 is 1.35 bits per heavy atom. The van der Waals surface area contributed by atoms with Crippen LogP contribution in [0.3, 0.4) is 0 Å². The highest BCUT2D eigenvalue weighted by molar-refractivity contribution is 5.33. The van der Waals surface area contributed by atoms with Gasteiger partial charge in [-0.3, -0.25) is 4.90 Å². The summed E-state index contributed by atoms with van der Waals surface area (Å²) in [6.45, 7) is 9.96. The summed E-state index contributed by atoms with van der Waals surface area (Å²) in [4.78, 5) is 2.25. The fourth-order valence-corrected chi connectivity index (χ4v) is 2.32. The van der Waals surface area contributed by atoms with Gasteiger partial charge in [0.25, 0.3) is 0 Å². The van der Waals surface area contributed by atoms with Crippen LogP contribution in [0.4, 0.5) is 0 Å². The van der Waals surface area contributed by atoms with Crippen LogP contribution in [0.2, 0.25) is 0 Å². The first-order valence-corrected chi connectivity index (χ1v) is 7.30. The van der Waals surface area contributed by atoms with Crippen LogP contribution in [0.15, 0.2) is 24.3 Å². The Bertz CT molecular complexity index is 429. The zero-order chi connectivity index (χ0) is 14.6. The molecule has 0 saturated carbocycles. The first-order valence-electron chi connectivity index (χ1n) is 7.30. The van der Waals surface area contributed by atoms with Gasteiger partial charge in [0.15, 0.2) is 0 Å². The van der Waals surface area contributed by atoms with Crippen molar-refractivity contribution in [2.45, 2.75) is 39.0 Å². The van der Waals surface area contributed by atoms with Gasteiger partial charge in [-0.05, 0) is 26.8 Å². The van der Waals surface area contributed by atoms with Crippen molar-refractivity contribution < 1.29 is 9.84 Å². The number of aliphatic hydroxyl groups is 1. The molecule has 1 aliphatic heterocycles. The molecule has 0 aromatic heterocycles. The summed E-state index contributed by atoms with van der Waals surface area (Å²) in [6.07, 6.45) is -0.362. The van der Waals surface area contributed by atoms with Crippen LogP contribution in [0.25, 0.3) is 0 Å². The topological polar surface area (TPSA) is 44.7 Å². The van der Waals surface area contributed by atoms with Crippen LogP contribution in [-0.4, -0.2) is 47.9 Å². The maximum absolute atomic E-state index is 10.2. The summed E-state index contributed by atoms with van der Waals surface area (Å²) in [5.74, 6) is 0.970. The molecule has 1 heterocycles. The normalized spacial score (nSPS) is 18.0.